The predicted octanol–water partition coefficient (Wildman–Crippen LogP) is 3.68. The lowest BCUT2D eigenvalue weighted by molar-refractivity contribution is -0.137. The Labute approximate surface area is 121 Å². The number of pyridine rings is 1. The number of aliphatic carboxylic acids is 1. The van der Waals surface area contributed by atoms with E-state index in [1.54, 1.807) is 6.20 Å². The summed E-state index contributed by atoms with van der Waals surface area (Å²) >= 11 is 0. The van der Waals surface area contributed by atoms with Crippen molar-refractivity contribution in [3.05, 3.63) is 42.1 Å². The summed E-state index contributed by atoms with van der Waals surface area (Å²) in [6.45, 7) is 0. The summed E-state index contributed by atoms with van der Waals surface area (Å²) in [5, 5.41) is 11.4. The predicted molar refractivity (Wildman–Crippen MR) is 81.3 cm³/mol. The van der Waals surface area contributed by atoms with Crippen LogP contribution >= 0.6 is 0 Å². The number of nitrogens with one attached hydrogen (secondary N) is 1. The van der Waals surface area contributed by atoms with E-state index >= 15 is 0 Å². The molecule has 4 rings (SSSR count). The standard InChI is InChI=1S/C17H16N2O2/c20-16(21)9-13(10-3-4-10)11-5-6-15-14(8-11)12-2-1-7-18-17(12)19-15/h1-2,5-8,10,13H,3-4,9H2,(H,18,19)(H,20,21). The molecule has 0 saturated heterocycles. The minimum absolute atomic E-state index is 0.133. The first-order valence-electron chi connectivity index (χ1n) is 7.30. The number of benzene rings is 1. The van der Waals surface area contributed by atoms with Crippen molar-refractivity contribution in [1.29, 1.82) is 0 Å². The second kappa shape index (κ2) is 4.58. The topological polar surface area (TPSA) is 66.0 Å². The lowest BCUT2D eigenvalue weighted by Gasteiger charge is -2.14. The molecule has 2 N–H and O–H groups in total. The number of carbonyl (C=O) groups is 1. The Balaban J connectivity index is 1.84. The quantitative estimate of drug-likeness (QED) is 0.766. The van der Waals surface area contributed by atoms with Crippen molar-refractivity contribution in [2.75, 3.05) is 0 Å². The number of aromatic amines is 1. The van der Waals surface area contributed by atoms with Crippen LogP contribution < -0.4 is 0 Å². The number of fused-ring (bicyclic) bond motifs is 3. The van der Waals surface area contributed by atoms with Gasteiger partial charge in [0.2, 0.25) is 0 Å². The van der Waals surface area contributed by atoms with Crippen LogP contribution in [0.4, 0.5) is 0 Å². The van der Waals surface area contributed by atoms with Crippen LogP contribution in [0, 0.1) is 5.92 Å². The number of aromatic nitrogens is 2. The molecule has 2 aromatic heterocycles. The molecule has 1 aromatic carbocycles. The van der Waals surface area contributed by atoms with E-state index in [0.717, 1.165) is 40.3 Å². The summed E-state index contributed by atoms with van der Waals surface area (Å²) in [5.74, 6) is -0.0528. The summed E-state index contributed by atoms with van der Waals surface area (Å²) in [6, 6.07) is 10.2. The molecule has 0 spiro atoms. The summed E-state index contributed by atoms with van der Waals surface area (Å²) < 4.78 is 0. The molecule has 0 amide bonds. The number of rotatable bonds is 4. The molecule has 1 unspecified atom stereocenters. The van der Waals surface area contributed by atoms with E-state index in [4.69, 9.17) is 5.11 Å². The highest BCUT2D eigenvalue weighted by atomic mass is 16.4. The van der Waals surface area contributed by atoms with Crippen molar-refractivity contribution < 1.29 is 9.90 Å². The van der Waals surface area contributed by atoms with E-state index in [-0.39, 0.29) is 12.3 Å². The van der Waals surface area contributed by atoms with Crippen LogP contribution in [-0.4, -0.2) is 21.0 Å². The van der Waals surface area contributed by atoms with Gasteiger partial charge in [0.05, 0.1) is 6.42 Å². The van der Waals surface area contributed by atoms with E-state index in [1.165, 1.54) is 0 Å². The lowest BCUT2D eigenvalue weighted by atomic mass is 9.90. The molecule has 0 radical (unpaired) electrons. The molecule has 1 aliphatic carbocycles. The van der Waals surface area contributed by atoms with Crippen LogP contribution in [0.15, 0.2) is 36.5 Å². The van der Waals surface area contributed by atoms with E-state index in [0.29, 0.717) is 5.92 Å². The van der Waals surface area contributed by atoms with E-state index in [2.05, 4.69) is 22.1 Å². The van der Waals surface area contributed by atoms with Crippen molar-refractivity contribution in [3.8, 4) is 0 Å². The third kappa shape index (κ3) is 2.17. The van der Waals surface area contributed by atoms with Gasteiger partial charge in [-0.05, 0) is 54.5 Å². The highest BCUT2D eigenvalue weighted by molar-refractivity contribution is 6.05. The Bertz CT molecular complexity index is 833. The first-order valence-corrected chi connectivity index (χ1v) is 7.30. The molecule has 4 nitrogen and oxygen atoms in total. The molecule has 4 heteroatoms. The van der Waals surface area contributed by atoms with Crippen LogP contribution in [0.5, 0.6) is 0 Å². The molecule has 3 aromatic rings. The van der Waals surface area contributed by atoms with Crippen molar-refractivity contribution in [3.63, 3.8) is 0 Å². The van der Waals surface area contributed by atoms with Gasteiger partial charge in [0.1, 0.15) is 5.65 Å². The molecule has 0 bridgehead atoms. The van der Waals surface area contributed by atoms with Gasteiger partial charge in [0.15, 0.2) is 0 Å². The minimum atomic E-state index is -0.715. The van der Waals surface area contributed by atoms with Gasteiger partial charge < -0.3 is 10.1 Å². The summed E-state index contributed by atoms with van der Waals surface area (Å²) in [4.78, 5) is 18.8. The first kappa shape index (κ1) is 12.4. The second-order valence-electron chi connectivity index (χ2n) is 5.87. The average Bonchev–Trinajstić information content (AvgIpc) is 3.25. The van der Waals surface area contributed by atoms with Crippen LogP contribution in [0.25, 0.3) is 21.9 Å². The average molecular weight is 280 g/mol. The maximum atomic E-state index is 11.1. The van der Waals surface area contributed by atoms with Crippen molar-refractivity contribution in [2.45, 2.75) is 25.2 Å². The zero-order chi connectivity index (χ0) is 14.4. The second-order valence-corrected chi connectivity index (χ2v) is 5.87. The molecule has 1 aliphatic rings. The van der Waals surface area contributed by atoms with Crippen LogP contribution in [0.1, 0.15) is 30.7 Å². The van der Waals surface area contributed by atoms with Gasteiger partial charge in [0.25, 0.3) is 0 Å². The number of H-pyrrole nitrogens is 1. The fourth-order valence-corrected chi connectivity index (χ4v) is 3.22. The van der Waals surface area contributed by atoms with E-state index in [9.17, 15) is 4.79 Å². The van der Waals surface area contributed by atoms with E-state index in [1.807, 2.05) is 18.2 Å². The van der Waals surface area contributed by atoms with Crippen molar-refractivity contribution in [2.24, 2.45) is 5.92 Å². The number of carboxylic acid groups (broad SMARTS) is 1. The molecule has 106 valence electrons. The van der Waals surface area contributed by atoms with E-state index < -0.39 is 5.97 Å². The van der Waals surface area contributed by atoms with Gasteiger partial charge in [-0.1, -0.05) is 6.07 Å². The normalized spacial score (nSPS) is 16.4. The van der Waals surface area contributed by atoms with Crippen LogP contribution in [0.2, 0.25) is 0 Å². The summed E-state index contributed by atoms with van der Waals surface area (Å²) in [6.07, 6.45) is 4.28. The SMILES string of the molecule is O=C(O)CC(c1ccc2[nH]c3ncccc3c2c1)C1CC1. The lowest BCUT2D eigenvalue weighted by Crippen LogP contribution is -2.08. The van der Waals surface area contributed by atoms with Crippen LogP contribution in [0.3, 0.4) is 0 Å². The maximum absolute atomic E-state index is 11.1. The van der Waals surface area contributed by atoms with Gasteiger partial charge in [-0.2, -0.15) is 0 Å². The fourth-order valence-electron chi connectivity index (χ4n) is 3.22. The van der Waals surface area contributed by atoms with Gasteiger partial charge in [-0.15, -0.1) is 0 Å². The monoisotopic (exact) mass is 280 g/mol. The molecule has 2 heterocycles. The minimum Gasteiger partial charge on any atom is -0.481 e. The summed E-state index contributed by atoms with van der Waals surface area (Å²) in [7, 11) is 0. The number of hydrogen-bond donors (Lipinski definition) is 2. The van der Waals surface area contributed by atoms with Gasteiger partial charge >= 0.3 is 5.97 Å². The third-order valence-electron chi connectivity index (χ3n) is 4.41. The smallest absolute Gasteiger partial charge is 0.303 e. The molecule has 21 heavy (non-hydrogen) atoms. The highest BCUT2D eigenvalue weighted by Gasteiger charge is 2.33. The molecule has 1 saturated carbocycles. The Morgan fingerprint density at radius 2 is 2.19 bits per heavy atom. The van der Waals surface area contributed by atoms with Crippen molar-refractivity contribution in [1.82, 2.24) is 9.97 Å². The fraction of sp³-hybridized carbons (Fsp3) is 0.294. The van der Waals surface area contributed by atoms with Gasteiger partial charge in [0, 0.05) is 22.5 Å². The Morgan fingerprint density at radius 3 is 2.95 bits per heavy atom. The summed E-state index contributed by atoms with van der Waals surface area (Å²) in [5.41, 5.74) is 3.07. The highest BCUT2D eigenvalue weighted by Crippen LogP contribution is 2.45. The molecular weight excluding hydrogens is 264 g/mol. The maximum Gasteiger partial charge on any atom is 0.303 e. The molecule has 1 atom stereocenters. The van der Waals surface area contributed by atoms with Gasteiger partial charge in [-0.3, -0.25) is 4.79 Å². The zero-order valence-corrected chi connectivity index (χ0v) is 11.5. The molecule has 0 aliphatic heterocycles. The molecular formula is C17H16N2O2. The Morgan fingerprint density at radius 1 is 1.33 bits per heavy atom. The third-order valence-corrected chi connectivity index (χ3v) is 4.41. The number of hydrogen-bond acceptors (Lipinski definition) is 2. The van der Waals surface area contributed by atoms with Crippen LogP contribution in [-0.2, 0) is 4.79 Å². The van der Waals surface area contributed by atoms with Gasteiger partial charge in [-0.25, -0.2) is 4.98 Å². The zero-order valence-electron chi connectivity index (χ0n) is 11.5. The first-order chi connectivity index (χ1) is 10.2. The Kier molecular flexibility index (Phi) is 2.70. The largest absolute Gasteiger partial charge is 0.481 e. The van der Waals surface area contributed by atoms with Crippen molar-refractivity contribution >= 4 is 27.9 Å². The number of nitrogens with zero attached hydrogens (tertiary/aromatic N) is 1. The molecule has 1 fully saturated rings. The Hall–Kier alpha value is -2.36. The number of carboxylic acids is 1.